The molecule has 4 rings (SSSR count). The first-order valence-corrected chi connectivity index (χ1v) is 12.2. The molecule has 11 heteroatoms. The van der Waals surface area contributed by atoms with E-state index in [4.69, 9.17) is 19.3 Å². The van der Waals surface area contributed by atoms with Gasteiger partial charge in [0.1, 0.15) is 5.69 Å². The molecule has 200 valence electrons. The van der Waals surface area contributed by atoms with Gasteiger partial charge in [0.2, 0.25) is 5.95 Å². The molecule has 0 spiro atoms. The molecule has 0 saturated carbocycles. The van der Waals surface area contributed by atoms with Gasteiger partial charge in [0.05, 0.1) is 48.1 Å². The van der Waals surface area contributed by atoms with Crippen LogP contribution in [-0.4, -0.2) is 55.9 Å². The van der Waals surface area contributed by atoms with Crippen molar-refractivity contribution in [3.63, 3.8) is 0 Å². The first-order valence-electron chi connectivity index (χ1n) is 12.2. The third-order valence-corrected chi connectivity index (χ3v) is 5.51. The summed E-state index contributed by atoms with van der Waals surface area (Å²) in [6.45, 7) is 9.42. The van der Waals surface area contributed by atoms with E-state index in [0.29, 0.717) is 41.7 Å². The van der Waals surface area contributed by atoms with E-state index >= 15 is 0 Å². The summed E-state index contributed by atoms with van der Waals surface area (Å²) in [5.41, 5.74) is 5.20. The largest absolute Gasteiger partial charge is 0.383 e. The normalized spacial score (nSPS) is 11.5. The Hall–Kier alpha value is -4.78. The lowest BCUT2D eigenvalue weighted by Gasteiger charge is -2.18. The number of nitriles is 1. The minimum atomic E-state index is -0.0346. The Labute approximate surface area is 226 Å². The molecular weight excluding hydrogens is 496 g/mol. The maximum Gasteiger partial charge on any atom is 0.373 e. The molecular formula is C28H30N8O3. The highest BCUT2D eigenvalue weighted by Gasteiger charge is 2.17. The summed E-state index contributed by atoms with van der Waals surface area (Å²) < 4.78 is 6.99. The van der Waals surface area contributed by atoms with Crippen LogP contribution in [0.3, 0.4) is 0 Å². The second-order valence-corrected chi connectivity index (χ2v) is 9.80. The number of hydrogen-bond donors (Lipinski definition) is 1. The van der Waals surface area contributed by atoms with Crippen molar-refractivity contribution in [3.8, 4) is 28.7 Å². The van der Waals surface area contributed by atoms with Crippen molar-refractivity contribution in [3.05, 3.63) is 71.7 Å². The van der Waals surface area contributed by atoms with Crippen LogP contribution in [0.4, 0.5) is 5.95 Å². The summed E-state index contributed by atoms with van der Waals surface area (Å²) in [5.74, 6) is 0.448. The van der Waals surface area contributed by atoms with E-state index in [0.717, 1.165) is 17.0 Å². The molecule has 11 nitrogen and oxygen atoms in total. The quantitative estimate of drug-likeness (QED) is 0.358. The summed E-state index contributed by atoms with van der Waals surface area (Å²) in [4.78, 5) is 30.4. The number of ether oxygens (including phenoxy) is 1. The molecule has 0 fully saturated rings. The lowest BCUT2D eigenvalue weighted by molar-refractivity contribution is -0.191. The van der Waals surface area contributed by atoms with Crippen LogP contribution >= 0.6 is 0 Å². The fourth-order valence-corrected chi connectivity index (χ4v) is 3.70. The molecule has 1 atom stereocenters. The number of anilines is 1. The van der Waals surface area contributed by atoms with Crippen LogP contribution in [0.2, 0.25) is 0 Å². The van der Waals surface area contributed by atoms with Crippen LogP contribution in [0, 0.1) is 11.3 Å². The van der Waals surface area contributed by atoms with E-state index in [-0.39, 0.29) is 17.6 Å². The van der Waals surface area contributed by atoms with Gasteiger partial charge in [-0.1, -0.05) is 44.2 Å². The van der Waals surface area contributed by atoms with Crippen LogP contribution < -0.4 is 5.32 Å². The van der Waals surface area contributed by atoms with Crippen molar-refractivity contribution in [2.45, 2.75) is 45.7 Å². The number of carbonyl (C=O) groups excluding carboxylic acids is 2. The molecule has 1 aromatic carbocycles. The molecule has 0 unspecified atom stereocenters. The van der Waals surface area contributed by atoms with Gasteiger partial charge in [0, 0.05) is 29.8 Å². The predicted octanol–water partition coefficient (Wildman–Crippen LogP) is 3.88. The molecule has 0 saturated heterocycles. The lowest BCUT2D eigenvalue weighted by Crippen LogP contribution is -2.22. The minimum Gasteiger partial charge on any atom is -0.383 e. The summed E-state index contributed by atoms with van der Waals surface area (Å²) in [5, 5.41) is 21.3. The Balaban J connectivity index is 0.00000134. The number of pyridine rings is 1. The second kappa shape index (κ2) is 13.1. The van der Waals surface area contributed by atoms with Crippen molar-refractivity contribution in [1.29, 1.82) is 5.26 Å². The monoisotopic (exact) mass is 526 g/mol. The number of aromatic nitrogens is 6. The Morgan fingerprint density at radius 2 is 1.74 bits per heavy atom. The van der Waals surface area contributed by atoms with Gasteiger partial charge in [0.15, 0.2) is 0 Å². The minimum absolute atomic E-state index is 0.000363. The van der Waals surface area contributed by atoms with Crippen molar-refractivity contribution < 1.29 is 14.3 Å². The first-order chi connectivity index (χ1) is 18.7. The zero-order valence-corrected chi connectivity index (χ0v) is 22.5. The number of hydrogen-bond acceptors (Lipinski definition) is 10. The van der Waals surface area contributed by atoms with Crippen LogP contribution in [0.15, 0.2) is 54.7 Å². The zero-order chi connectivity index (χ0) is 28.4. The second-order valence-electron chi connectivity index (χ2n) is 9.80. The summed E-state index contributed by atoms with van der Waals surface area (Å²) in [7, 11) is 1.65. The van der Waals surface area contributed by atoms with Crippen molar-refractivity contribution in [2.24, 2.45) is 0 Å². The van der Waals surface area contributed by atoms with Gasteiger partial charge in [-0.3, -0.25) is 4.98 Å². The molecule has 1 N–H and O–H groups in total. The van der Waals surface area contributed by atoms with E-state index in [1.54, 1.807) is 23.9 Å². The van der Waals surface area contributed by atoms with Gasteiger partial charge in [0.25, 0.3) is 0 Å². The zero-order valence-electron chi connectivity index (χ0n) is 22.5. The maximum absolute atomic E-state index is 9.32. The SMILES string of the molecule is COC[C@@H](C)Nc1nc(-c2cccc(C#N)c2)cc(-c2cn(Cc3cccc(C(C)(C)C)n3)nn2)n1.O=C=O. The van der Waals surface area contributed by atoms with E-state index in [9.17, 15) is 5.26 Å². The standard InChI is InChI=1S/C27H30N8O.CO2/c1-18(17-36-5)29-26-31-22(20-9-6-8-19(12-20)14-28)13-23(32-26)24-16-35(34-33-24)15-21-10-7-11-25(30-21)27(2,3)4;2-1-3/h6-13,16,18H,15,17H2,1-5H3,(H,29,31,32);/t18-;/m1./s1. The average molecular weight is 527 g/mol. The number of nitrogens with one attached hydrogen (secondary N) is 1. The Bertz CT molecular complexity index is 1480. The van der Waals surface area contributed by atoms with Gasteiger partial charge in [-0.15, -0.1) is 5.10 Å². The van der Waals surface area contributed by atoms with E-state index < -0.39 is 0 Å². The third kappa shape index (κ3) is 8.10. The van der Waals surface area contributed by atoms with E-state index in [1.807, 2.05) is 49.5 Å². The van der Waals surface area contributed by atoms with Crippen LogP contribution in [0.25, 0.3) is 22.6 Å². The molecule has 39 heavy (non-hydrogen) atoms. The molecule has 0 aliphatic carbocycles. The van der Waals surface area contributed by atoms with Gasteiger partial charge in [-0.05, 0) is 37.3 Å². The van der Waals surface area contributed by atoms with Crippen LogP contribution in [-0.2, 0) is 26.3 Å². The topological polar surface area (TPSA) is 149 Å². The molecule has 3 aromatic heterocycles. The smallest absolute Gasteiger partial charge is 0.373 e. The van der Waals surface area contributed by atoms with Crippen LogP contribution in [0.5, 0.6) is 0 Å². The molecule has 4 aromatic rings. The number of nitrogens with zero attached hydrogens (tertiary/aromatic N) is 7. The number of methoxy groups -OCH3 is 1. The lowest BCUT2D eigenvalue weighted by atomic mass is 9.91. The van der Waals surface area contributed by atoms with Crippen LogP contribution in [0.1, 0.15) is 44.6 Å². The van der Waals surface area contributed by atoms with E-state index in [2.05, 4.69) is 52.4 Å². The highest BCUT2D eigenvalue weighted by molar-refractivity contribution is 5.68. The van der Waals surface area contributed by atoms with E-state index in [1.165, 1.54) is 0 Å². The molecule has 0 radical (unpaired) electrons. The van der Waals surface area contributed by atoms with Crippen molar-refractivity contribution in [2.75, 3.05) is 19.0 Å². The molecule has 0 amide bonds. The molecule has 0 bridgehead atoms. The Morgan fingerprint density at radius 3 is 2.44 bits per heavy atom. The summed E-state index contributed by atoms with van der Waals surface area (Å²) >= 11 is 0. The maximum atomic E-state index is 9.32. The highest BCUT2D eigenvalue weighted by atomic mass is 16.5. The van der Waals surface area contributed by atoms with Crippen molar-refractivity contribution >= 4 is 12.1 Å². The van der Waals surface area contributed by atoms with Crippen molar-refractivity contribution in [1.82, 2.24) is 29.9 Å². The number of rotatable bonds is 8. The first kappa shape index (κ1) is 28.8. The molecule has 0 aliphatic rings. The predicted molar refractivity (Wildman–Crippen MR) is 143 cm³/mol. The molecule has 0 aliphatic heterocycles. The number of benzene rings is 1. The average Bonchev–Trinajstić information content (AvgIpc) is 3.37. The Morgan fingerprint density at radius 1 is 1.03 bits per heavy atom. The van der Waals surface area contributed by atoms with Gasteiger partial charge in [-0.25, -0.2) is 14.6 Å². The van der Waals surface area contributed by atoms with Gasteiger partial charge >= 0.3 is 6.15 Å². The Kier molecular flexibility index (Phi) is 9.70. The van der Waals surface area contributed by atoms with Gasteiger partial charge in [-0.2, -0.15) is 14.9 Å². The van der Waals surface area contributed by atoms with Gasteiger partial charge < -0.3 is 10.1 Å². The highest BCUT2D eigenvalue weighted by Crippen LogP contribution is 2.25. The fourth-order valence-electron chi connectivity index (χ4n) is 3.70. The summed E-state index contributed by atoms with van der Waals surface area (Å²) in [6, 6.07) is 17.4. The molecule has 3 heterocycles. The fraction of sp³-hybridized carbons (Fsp3) is 0.321. The summed E-state index contributed by atoms with van der Waals surface area (Å²) in [6.07, 6.45) is 2.10. The third-order valence-electron chi connectivity index (χ3n) is 5.51.